The first-order chi connectivity index (χ1) is 9.15. The van der Waals surface area contributed by atoms with Crippen molar-refractivity contribution in [2.75, 3.05) is 6.54 Å². The van der Waals surface area contributed by atoms with E-state index < -0.39 is 0 Å². The molecule has 0 bridgehead atoms. The van der Waals surface area contributed by atoms with Crippen LogP contribution >= 0.6 is 11.6 Å². The van der Waals surface area contributed by atoms with Gasteiger partial charge < -0.3 is 5.32 Å². The monoisotopic (exact) mass is 277 g/mol. The first-order valence-corrected chi connectivity index (χ1v) is 6.55. The SMILES string of the molecule is Cc1nc(-c2ccc(F)cc2Cl)nc2c1CCNC2. The Morgan fingerprint density at radius 1 is 1.32 bits per heavy atom. The quantitative estimate of drug-likeness (QED) is 0.871. The van der Waals surface area contributed by atoms with Gasteiger partial charge in [0.2, 0.25) is 0 Å². The second kappa shape index (κ2) is 4.87. The summed E-state index contributed by atoms with van der Waals surface area (Å²) >= 11 is 6.06. The van der Waals surface area contributed by atoms with E-state index in [1.807, 2.05) is 6.92 Å². The summed E-state index contributed by atoms with van der Waals surface area (Å²) < 4.78 is 13.1. The highest BCUT2D eigenvalue weighted by molar-refractivity contribution is 6.33. The van der Waals surface area contributed by atoms with Crippen LogP contribution in [0.5, 0.6) is 0 Å². The van der Waals surface area contributed by atoms with Crippen LogP contribution in [-0.2, 0) is 13.0 Å². The van der Waals surface area contributed by atoms with Crippen LogP contribution in [0.25, 0.3) is 11.4 Å². The molecule has 0 aliphatic carbocycles. The zero-order chi connectivity index (χ0) is 13.4. The van der Waals surface area contributed by atoms with Crippen molar-refractivity contribution in [3.63, 3.8) is 0 Å². The number of aromatic nitrogens is 2. The van der Waals surface area contributed by atoms with Crippen molar-refractivity contribution in [2.24, 2.45) is 0 Å². The lowest BCUT2D eigenvalue weighted by Gasteiger charge is -2.18. The minimum Gasteiger partial charge on any atom is -0.311 e. The van der Waals surface area contributed by atoms with Gasteiger partial charge in [-0.05, 0) is 43.7 Å². The number of hydrogen-bond donors (Lipinski definition) is 1. The van der Waals surface area contributed by atoms with Gasteiger partial charge in [-0.25, -0.2) is 14.4 Å². The van der Waals surface area contributed by atoms with E-state index in [1.165, 1.54) is 17.7 Å². The molecule has 3 rings (SSSR count). The molecular weight excluding hydrogens is 265 g/mol. The summed E-state index contributed by atoms with van der Waals surface area (Å²) in [7, 11) is 0. The molecule has 0 saturated carbocycles. The van der Waals surface area contributed by atoms with Crippen LogP contribution in [-0.4, -0.2) is 16.5 Å². The largest absolute Gasteiger partial charge is 0.311 e. The van der Waals surface area contributed by atoms with Gasteiger partial charge in [0.1, 0.15) is 5.82 Å². The Hall–Kier alpha value is -1.52. The van der Waals surface area contributed by atoms with E-state index in [0.717, 1.165) is 30.9 Å². The van der Waals surface area contributed by atoms with Crippen LogP contribution in [0.1, 0.15) is 17.0 Å². The Morgan fingerprint density at radius 2 is 2.16 bits per heavy atom. The number of fused-ring (bicyclic) bond motifs is 1. The van der Waals surface area contributed by atoms with Crippen molar-refractivity contribution in [3.05, 3.63) is 46.0 Å². The predicted molar refractivity (Wildman–Crippen MR) is 72.6 cm³/mol. The third-order valence-electron chi connectivity index (χ3n) is 3.32. The van der Waals surface area contributed by atoms with Crippen molar-refractivity contribution in [1.29, 1.82) is 0 Å². The fraction of sp³-hybridized carbons (Fsp3) is 0.286. The molecule has 0 amide bonds. The van der Waals surface area contributed by atoms with Crippen LogP contribution in [0.2, 0.25) is 5.02 Å². The van der Waals surface area contributed by atoms with Crippen molar-refractivity contribution >= 4 is 11.6 Å². The number of benzene rings is 1. The van der Waals surface area contributed by atoms with Gasteiger partial charge in [0.15, 0.2) is 5.82 Å². The highest BCUT2D eigenvalue weighted by Crippen LogP contribution is 2.27. The lowest BCUT2D eigenvalue weighted by atomic mass is 10.0. The molecule has 1 aliphatic rings. The Morgan fingerprint density at radius 3 is 2.95 bits per heavy atom. The van der Waals surface area contributed by atoms with Crippen LogP contribution in [0.15, 0.2) is 18.2 Å². The first kappa shape index (κ1) is 12.5. The maximum absolute atomic E-state index is 13.1. The van der Waals surface area contributed by atoms with Crippen molar-refractivity contribution in [3.8, 4) is 11.4 Å². The molecule has 0 spiro atoms. The van der Waals surface area contributed by atoms with E-state index in [4.69, 9.17) is 11.6 Å². The summed E-state index contributed by atoms with van der Waals surface area (Å²) in [4.78, 5) is 9.06. The first-order valence-electron chi connectivity index (χ1n) is 6.17. The van der Waals surface area contributed by atoms with E-state index >= 15 is 0 Å². The average molecular weight is 278 g/mol. The molecule has 0 unspecified atom stereocenters. The molecule has 1 aromatic carbocycles. The minimum absolute atomic E-state index is 0.336. The molecule has 1 N–H and O–H groups in total. The lowest BCUT2D eigenvalue weighted by Crippen LogP contribution is -2.26. The van der Waals surface area contributed by atoms with Gasteiger partial charge in [-0.1, -0.05) is 11.6 Å². The van der Waals surface area contributed by atoms with E-state index in [9.17, 15) is 4.39 Å². The summed E-state index contributed by atoms with van der Waals surface area (Å²) in [6, 6.07) is 4.28. The Bertz CT molecular complexity index is 643. The predicted octanol–water partition coefficient (Wildman–Crippen LogP) is 2.89. The van der Waals surface area contributed by atoms with Gasteiger partial charge in [0.05, 0.1) is 10.7 Å². The summed E-state index contributed by atoms with van der Waals surface area (Å²) in [6.07, 6.45) is 0.943. The molecule has 19 heavy (non-hydrogen) atoms. The normalized spacial score (nSPS) is 14.3. The van der Waals surface area contributed by atoms with E-state index in [-0.39, 0.29) is 5.82 Å². The average Bonchev–Trinajstić information content (AvgIpc) is 2.38. The standard InChI is InChI=1S/C14H13ClFN3/c1-8-10-4-5-17-7-13(10)19-14(18-8)11-3-2-9(16)6-12(11)15/h2-3,6,17H,4-5,7H2,1H3. The number of aryl methyl sites for hydroxylation is 1. The van der Waals surface area contributed by atoms with Crippen LogP contribution in [0.3, 0.4) is 0 Å². The van der Waals surface area contributed by atoms with Crippen LogP contribution in [0, 0.1) is 12.7 Å². The molecule has 0 radical (unpaired) electrons. The fourth-order valence-electron chi connectivity index (χ4n) is 2.34. The smallest absolute Gasteiger partial charge is 0.161 e. The van der Waals surface area contributed by atoms with Crippen molar-refractivity contribution < 1.29 is 4.39 Å². The Balaban J connectivity index is 2.13. The molecule has 0 atom stereocenters. The number of rotatable bonds is 1. The number of halogens is 2. The van der Waals surface area contributed by atoms with E-state index in [0.29, 0.717) is 16.4 Å². The molecule has 2 heterocycles. The molecule has 98 valence electrons. The maximum atomic E-state index is 13.1. The Kier molecular flexibility index (Phi) is 3.21. The zero-order valence-corrected chi connectivity index (χ0v) is 11.3. The molecule has 5 heteroatoms. The molecular formula is C14H13ClFN3. The summed E-state index contributed by atoms with van der Waals surface area (Å²) in [5.74, 6) is 0.204. The van der Waals surface area contributed by atoms with Crippen LogP contribution < -0.4 is 5.32 Å². The van der Waals surface area contributed by atoms with Gasteiger partial charge in [-0.2, -0.15) is 0 Å². The fourth-order valence-corrected chi connectivity index (χ4v) is 2.59. The summed E-state index contributed by atoms with van der Waals surface area (Å²) in [6.45, 7) is 3.67. The molecule has 0 fully saturated rings. The number of nitrogens with one attached hydrogen (secondary N) is 1. The van der Waals surface area contributed by atoms with Gasteiger partial charge in [-0.3, -0.25) is 0 Å². The highest BCUT2D eigenvalue weighted by Gasteiger charge is 2.17. The van der Waals surface area contributed by atoms with Crippen LogP contribution in [0.4, 0.5) is 4.39 Å². The number of nitrogens with zero attached hydrogens (tertiary/aromatic N) is 2. The summed E-state index contributed by atoms with van der Waals surface area (Å²) in [5.41, 5.74) is 3.86. The van der Waals surface area contributed by atoms with E-state index in [2.05, 4.69) is 15.3 Å². The highest BCUT2D eigenvalue weighted by atomic mass is 35.5. The molecule has 1 aliphatic heterocycles. The second-order valence-electron chi connectivity index (χ2n) is 4.61. The maximum Gasteiger partial charge on any atom is 0.161 e. The minimum atomic E-state index is -0.356. The third kappa shape index (κ3) is 2.33. The molecule has 3 nitrogen and oxygen atoms in total. The van der Waals surface area contributed by atoms with Gasteiger partial charge in [-0.15, -0.1) is 0 Å². The third-order valence-corrected chi connectivity index (χ3v) is 3.63. The molecule has 0 saturated heterocycles. The number of hydrogen-bond acceptors (Lipinski definition) is 3. The van der Waals surface area contributed by atoms with Crippen molar-refractivity contribution in [1.82, 2.24) is 15.3 Å². The molecule has 2 aromatic rings. The summed E-state index contributed by atoms with van der Waals surface area (Å²) in [5, 5.41) is 3.62. The van der Waals surface area contributed by atoms with Gasteiger partial charge >= 0.3 is 0 Å². The molecule has 1 aromatic heterocycles. The van der Waals surface area contributed by atoms with Gasteiger partial charge in [0.25, 0.3) is 0 Å². The second-order valence-corrected chi connectivity index (χ2v) is 5.02. The van der Waals surface area contributed by atoms with Crippen molar-refractivity contribution in [2.45, 2.75) is 19.9 Å². The van der Waals surface area contributed by atoms with Gasteiger partial charge in [0, 0.05) is 17.8 Å². The van der Waals surface area contributed by atoms with E-state index in [1.54, 1.807) is 6.07 Å². The Labute approximate surface area is 115 Å². The zero-order valence-electron chi connectivity index (χ0n) is 10.5. The lowest BCUT2D eigenvalue weighted by molar-refractivity contribution is 0.619. The topological polar surface area (TPSA) is 37.8 Å².